The van der Waals surface area contributed by atoms with Crippen molar-refractivity contribution in [1.82, 2.24) is 9.97 Å². The summed E-state index contributed by atoms with van der Waals surface area (Å²) >= 11 is 0. The number of nitrogens with one attached hydrogen (secondary N) is 1. The van der Waals surface area contributed by atoms with E-state index in [9.17, 15) is 4.39 Å². The van der Waals surface area contributed by atoms with Crippen LogP contribution in [0.4, 0.5) is 21.8 Å². The minimum Gasteiger partial charge on any atom is -0.383 e. The molecule has 1 aromatic heterocycles. The van der Waals surface area contributed by atoms with E-state index in [1.54, 1.807) is 25.3 Å². The van der Waals surface area contributed by atoms with Gasteiger partial charge in [-0.15, -0.1) is 0 Å². The summed E-state index contributed by atoms with van der Waals surface area (Å²) in [5.41, 5.74) is 8.93. The summed E-state index contributed by atoms with van der Waals surface area (Å²) in [5, 5.41) is 3.08. The first-order valence-corrected chi connectivity index (χ1v) is 6.84. The van der Waals surface area contributed by atoms with Crippen LogP contribution in [-0.2, 0) is 0 Å². The van der Waals surface area contributed by atoms with E-state index in [1.165, 1.54) is 6.07 Å². The van der Waals surface area contributed by atoms with Crippen LogP contribution in [0.5, 0.6) is 0 Å². The number of rotatable bonds is 3. The van der Waals surface area contributed by atoms with E-state index in [4.69, 9.17) is 5.73 Å². The number of nitrogen functional groups attached to an aromatic ring is 1. The molecule has 0 bridgehead atoms. The molecule has 0 saturated carbocycles. The van der Waals surface area contributed by atoms with Gasteiger partial charge in [-0.2, -0.15) is 4.98 Å². The summed E-state index contributed by atoms with van der Waals surface area (Å²) in [4.78, 5) is 8.53. The second kappa shape index (κ2) is 5.81. The summed E-state index contributed by atoms with van der Waals surface area (Å²) in [6.45, 7) is 1.71. The third-order valence-corrected chi connectivity index (χ3v) is 3.32. The van der Waals surface area contributed by atoms with Crippen molar-refractivity contribution in [3.05, 3.63) is 66.1 Å². The van der Waals surface area contributed by atoms with Crippen molar-refractivity contribution < 1.29 is 4.39 Å². The molecule has 0 saturated heterocycles. The van der Waals surface area contributed by atoms with Crippen LogP contribution in [0.15, 0.2) is 54.7 Å². The summed E-state index contributed by atoms with van der Waals surface area (Å²) in [7, 11) is 0. The molecule has 3 aromatic rings. The molecule has 1 heterocycles. The van der Waals surface area contributed by atoms with Crippen LogP contribution in [0.25, 0.3) is 11.1 Å². The molecular weight excluding hydrogens is 279 g/mol. The number of nitrogens with two attached hydrogens (primary N) is 1. The molecule has 3 rings (SSSR count). The lowest BCUT2D eigenvalue weighted by molar-refractivity contribution is 0.619. The van der Waals surface area contributed by atoms with Gasteiger partial charge < -0.3 is 11.1 Å². The average Bonchev–Trinajstić information content (AvgIpc) is 2.51. The average molecular weight is 294 g/mol. The zero-order valence-electron chi connectivity index (χ0n) is 12.0. The smallest absolute Gasteiger partial charge is 0.229 e. The van der Waals surface area contributed by atoms with Crippen molar-refractivity contribution in [2.45, 2.75) is 6.92 Å². The molecule has 0 amide bonds. The molecule has 110 valence electrons. The predicted molar refractivity (Wildman–Crippen MR) is 86.3 cm³/mol. The van der Waals surface area contributed by atoms with Crippen molar-refractivity contribution in [2.75, 3.05) is 11.1 Å². The highest BCUT2D eigenvalue weighted by Gasteiger charge is 2.08. The lowest BCUT2D eigenvalue weighted by Crippen LogP contribution is -2.02. The van der Waals surface area contributed by atoms with E-state index >= 15 is 0 Å². The van der Waals surface area contributed by atoms with Gasteiger partial charge in [-0.1, -0.05) is 24.3 Å². The normalized spacial score (nSPS) is 10.5. The predicted octanol–water partition coefficient (Wildman–Crippen LogP) is 3.92. The quantitative estimate of drug-likeness (QED) is 0.768. The molecule has 0 unspecified atom stereocenters. The Balaban J connectivity index is 1.90. The molecule has 2 aromatic carbocycles. The van der Waals surface area contributed by atoms with E-state index in [-0.39, 0.29) is 5.82 Å². The Morgan fingerprint density at radius 1 is 1.09 bits per heavy atom. The van der Waals surface area contributed by atoms with E-state index in [0.717, 1.165) is 11.3 Å². The van der Waals surface area contributed by atoms with Crippen molar-refractivity contribution >= 4 is 17.5 Å². The number of para-hydroxylation sites is 1. The number of hydrogen-bond acceptors (Lipinski definition) is 4. The lowest BCUT2D eigenvalue weighted by Gasteiger charge is -2.09. The molecule has 0 aliphatic heterocycles. The van der Waals surface area contributed by atoms with E-state index in [0.29, 0.717) is 22.9 Å². The van der Waals surface area contributed by atoms with E-state index in [2.05, 4.69) is 15.3 Å². The second-order valence-corrected chi connectivity index (χ2v) is 4.95. The Morgan fingerprint density at radius 2 is 1.86 bits per heavy atom. The number of benzene rings is 2. The zero-order valence-corrected chi connectivity index (χ0v) is 12.0. The van der Waals surface area contributed by atoms with Gasteiger partial charge in [-0.05, 0) is 42.3 Å². The molecule has 0 fully saturated rings. The van der Waals surface area contributed by atoms with Gasteiger partial charge in [0.2, 0.25) is 5.95 Å². The Kier molecular flexibility index (Phi) is 3.70. The third kappa shape index (κ3) is 2.88. The Labute approximate surface area is 127 Å². The highest BCUT2D eigenvalue weighted by molar-refractivity contribution is 5.74. The maximum Gasteiger partial charge on any atom is 0.229 e. The van der Waals surface area contributed by atoms with Crippen LogP contribution >= 0.6 is 0 Å². The molecular formula is C17H15FN4. The van der Waals surface area contributed by atoms with Gasteiger partial charge in [-0.25, -0.2) is 9.37 Å². The molecule has 3 N–H and O–H groups in total. The monoisotopic (exact) mass is 294 g/mol. The Hall–Kier alpha value is -2.95. The fourth-order valence-corrected chi connectivity index (χ4v) is 2.14. The summed E-state index contributed by atoms with van der Waals surface area (Å²) in [6, 6.07) is 14.4. The molecule has 0 radical (unpaired) electrons. The minimum absolute atomic E-state index is 0.245. The van der Waals surface area contributed by atoms with Crippen LogP contribution in [0.1, 0.15) is 5.56 Å². The summed E-state index contributed by atoms with van der Waals surface area (Å²) in [5.74, 6) is 0.524. The van der Waals surface area contributed by atoms with Crippen LogP contribution < -0.4 is 11.1 Å². The lowest BCUT2D eigenvalue weighted by atomic mass is 10.1. The first-order valence-electron chi connectivity index (χ1n) is 6.84. The maximum atomic E-state index is 13.3. The van der Waals surface area contributed by atoms with Gasteiger partial charge in [-0.3, -0.25) is 0 Å². The number of anilines is 3. The first-order chi connectivity index (χ1) is 10.6. The van der Waals surface area contributed by atoms with Crippen LogP contribution in [0, 0.1) is 12.7 Å². The Morgan fingerprint density at radius 3 is 2.55 bits per heavy atom. The number of aromatic nitrogens is 2. The molecule has 0 atom stereocenters. The van der Waals surface area contributed by atoms with Gasteiger partial charge >= 0.3 is 0 Å². The second-order valence-electron chi connectivity index (χ2n) is 4.95. The van der Waals surface area contributed by atoms with Gasteiger partial charge in [0.25, 0.3) is 0 Å². The van der Waals surface area contributed by atoms with E-state index < -0.39 is 0 Å². The van der Waals surface area contributed by atoms with Crippen molar-refractivity contribution in [3.8, 4) is 11.1 Å². The van der Waals surface area contributed by atoms with Gasteiger partial charge in [0.1, 0.15) is 11.6 Å². The summed E-state index contributed by atoms with van der Waals surface area (Å²) < 4.78 is 13.3. The molecule has 0 spiro atoms. The number of halogens is 1. The fourth-order valence-electron chi connectivity index (χ4n) is 2.14. The standard InChI is InChI=1S/C17H15FN4/c1-11-9-12(7-8-15(11)18)14-10-20-17(22-16(14)19)21-13-5-3-2-4-6-13/h2-10H,1H3,(H3,19,20,21,22). The molecule has 0 aliphatic carbocycles. The number of aryl methyl sites for hydroxylation is 1. The molecule has 4 nitrogen and oxygen atoms in total. The van der Waals surface area contributed by atoms with Gasteiger partial charge in [0, 0.05) is 17.4 Å². The molecule has 5 heteroatoms. The minimum atomic E-state index is -0.245. The number of hydrogen-bond donors (Lipinski definition) is 2. The summed E-state index contributed by atoms with van der Waals surface area (Å²) in [6.07, 6.45) is 1.64. The SMILES string of the molecule is Cc1cc(-c2cnc(Nc3ccccc3)nc2N)ccc1F. The van der Waals surface area contributed by atoms with Crippen LogP contribution in [0.3, 0.4) is 0 Å². The first kappa shape index (κ1) is 14.0. The largest absolute Gasteiger partial charge is 0.383 e. The van der Waals surface area contributed by atoms with Crippen LogP contribution in [0.2, 0.25) is 0 Å². The highest BCUT2D eigenvalue weighted by Crippen LogP contribution is 2.26. The molecule has 0 aliphatic rings. The fraction of sp³-hybridized carbons (Fsp3) is 0.0588. The topological polar surface area (TPSA) is 63.8 Å². The van der Waals surface area contributed by atoms with Crippen molar-refractivity contribution in [1.29, 1.82) is 0 Å². The number of nitrogens with zero attached hydrogens (tertiary/aromatic N) is 2. The molecule has 22 heavy (non-hydrogen) atoms. The third-order valence-electron chi connectivity index (χ3n) is 3.32. The zero-order chi connectivity index (χ0) is 15.5. The van der Waals surface area contributed by atoms with Gasteiger partial charge in [0.15, 0.2) is 0 Å². The Bertz CT molecular complexity index is 803. The van der Waals surface area contributed by atoms with Crippen molar-refractivity contribution in [3.63, 3.8) is 0 Å². The van der Waals surface area contributed by atoms with Crippen LogP contribution in [-0.4, -0.2) is 9.97 Å². The van der Waals surface area contributed by atoms with Gasteiger partial charge in [0.05, 0.1) is 0 Å². The van der Waals surface area contributed by atoms with Crippen molar-refractivity contribution in [2.24, 2.45) is 0 Å². The highest BCUT2D eigenvalue weighted by atomic mass is 19.1. The van der Waals surface area contributed by atoms with E-state index in [1.807, 2.05) is 30.3 Å². The maximum absolute atomic E-state index is 13.3.